The zero-order valence-electron chi connectivity index (χ0n) is 28.0. The number of allylic oxidation sites excluding steroid dienone is 4. The van der Waals surface area contributed by atoms with Gasteiger partial charge in [-0.1, -0.05) is 103 Å². The monoisotopic (exact) mass is 658 g/mol. The third-order valence-corrected chi connectivity index (χ3v) is 10.3. The minimum absolute atomic E-state index is 0.799. The average molecular weight is 659 g/mol. The van der Waals surface area contributed by atoms with Crippen LogP contribution in [0.15, 0.2) is 181 Å². The summed E-state index contributed by atoms with van der Waals surface area (Å²) in [5.74, 6) is 3.30. The fourth-order valence-electron chi connectivity index (χ4n) is 7.83. The molecule has 0 amide bonds. The van der Waals surface area contributed by atoms with Crippen LogP contribution in [0.25, 0.3) is 55.3 Å². The van der Waals surface area contributed by atoms with E-state index in [1.807, 2.05) is 18.3 Å². The van der Waals surface area contributed by atoms with Gasteiger partial charge < -0.3 is 19.4 Å². The molecule has 0 spiro atoms. The van der Waals surface area contributed by atoms with Gasteiger partial charge in [-0.2, -0.15) is 0 Å². The molecule has 3 aliphatic rings. The molecule has 1 N–H and O–H groups in total. The lowest BCUT2D eigenvalue weighted by atomic mass is 9.87. The minimum Gasteiger partial charge on any atom is -0.456 e. The summed E-state index contributed by atoms with van der Waals surface area (Å²) in [5.41, 5.74) is 12.5. The third kappa shape index (κ3) is 5.07. The quantitative estimate of drug-likeness (QED) is 0.205. The molecule has 244 valence electrons. The predicted octanol–water partition coefficient (Wildman–Crippen LogP) is 11.8. The number of fused-ring (bicyclic) bond motifs is 8. The van der Waals surface area contributed by atoms with Crippen molar-refractivity contribution in [1.82, 2.24) is 9.88 Å². The number of para-hydroxylation sites is 4. The number of hydrogen-bond donors (Lipinski definition) is 1. The Labute approximate surface area is 296 Å². The Kier molecular flexibility index (Phi) is 6.98. The normalized spacial score (nSPS) is 15.0. The highest BCUT2D eigenvalue weighted by atomic mass is 16.5. The molecule has 10 rings (SSSR count). The van der Waals surface area contributed by atoms with Crippen LogP contribution in [0.4, 0.5) is 0 Å². The molecule has 0 saturated heterocycles. The minimum atomic E-state index is 0.799. The number of nitrogens with one attached hydrogen (secondary N) is 1. The summed E-state index contributed by atoms with van der Waals surface area (Å²) in [4.78, 5) is 0. The largest absolute Gasteiger partial charge is 0.456 e. The molecule has 0 unspecified atom stereocenters. The van der Waals surface area contributed by atoms with Crippen LogP contribution >= 0.6 is 0 Å². The number of rotatable bonds is 3. The molecule has 1 aromatic heterocycles. The molecular weight excluding hydrogens is 625 g/mol. The third-order valence-electron chi connectivity index (χ3n) is 10.3. The zero-order valence-corrected chi connectivity index (χ0v) is 28.0. The van der Waals surface area contributed by atoms with Crippen LogP contribution in [0.2, 0.25) is 0 Å². The van der Waals surface area contributed by atoms with Gasteiger partial charge in [0.15, 0.2) is 0 Å². The number of dihydropyridines is 1. The molecule has 2 aliphatic heterocycles. The first kappa shape index (κ1) is 29.4. The molecule has 3 heterocycles. The van der Waals surface area contributed by atoms with Crippen molar-refractivity contribution in [2.24, 2.45) is 0 Å². The summed E-state index contributed by atoms with van der Waals surface area (Å²) < 4.78 is 16.3. The van der Waals surface area contributed by atoms with Crippen LogP contribution in [0.1, 0.15) is 18.4 Å². The van der Waals surface area contributed by atoms with Gasteiger partial charge in [-0.3, -0.25) is 0 Å². The summed E-state index contributed by atoms with van der Waals surface area (Å²) in [6.07, 6.45) is 10.3. The van der Waals surface area contributed by atoms with Crippen LogP contribution in [-0.2, 0) is 0 Å². The van der Waals surface area contributed by atoms with Gasteiger partial charge in [-0.15, -0.1) is 0 Å². The Morgan fingerprint density at radius 3 is 2.06 bits per heavy atom. The molecule has 1 aliphatic carbocycles. The summed E-state index contributed by atoms with van der Waals surface area (Å²) in [7, 11) is 0. The van der Waals surface area contributed by atoms with E-state index in [1.165, 1.54) is 33.0 Å². The van der Waals surface area contributed by atoms with E-state index < -0.39 is 0 Å². The smallest absolute Gasteiger partial charge is 0.135 e. The van der Waals surface area contributed by atoms with E-state index in [2.05, 4.69) is 156 Å². The highest BCUT2D eigenvalue weighted by Gasteiger charge is 2.26. The summed E-state index contributed by atoms with van der Waals surface area (Å²) >= 11 is 0. The second-order valence-electron chi connectivity index (χ2n) is 13.3. The highest BCUT2D eigenvalue weighted by molar-refractivity contribution is 6.10. The van der Waals surface area contributed by atoms with Crippen LogP contribution in [-0.4, -0.2) is 11.1 Å². The van der Waals surface area contributed by atoms with Crippen LogP contribution in [0.3, 0.4) is 0 Å². The van der Waals surface area contributed by atoms with E-state index in [0.29, 0.717) is 0 Å². The van der Waals surface area contributed by atoms with E-state index in [-0.39, 0.29) is 0 Å². The van der Waals surface area contributed by atoms with Crippen LogP contribution in [0, 0.1) is 0 Å². The van der Waals surface area contributed by atoms with Gasteiger partial charge in [0.05, 0.1) is 11.0 Å². The Morgan fingerprint density at radius 2 is 1.24 bits per heavy atom. The first-order chi connectivity index (χ1) is 25.3. The molecule has 0 fully saturated rings. The summed E-state index contributed by atoms with van der Waals surface area (Å²) in [6.45, 7) is 0.811. The molecule has 0 bridgehead atoms. The van der Waals surface area contributed by atoms with E-state index in [1.54, 1.807) is 0 Å². The molecule has 7 aromatic rings. The maximum atomic E-state index is 7.01. The Morgan fingerprint density at radius 1 is 0.529 bits per heavy atom. The molecular formula is C47H34N2O2. The van der Waals surface area contributed by atoms with Crippen molar-refractivity contribution in [3.8, 4) is 45.2 Å². The molecule has 0 radical (unpaired) electrons. The first-order valence-electron chi connectivity index (χ1n) is 17.6. The van der Waals surface area contributed by atoms with Crippen molar-refractivity contribution in [2.45, 2.75) is 12.8 Å². The van der Waals surface area contributed by atoms with E-state index in [9.17, 15) is 0 Å². The SMILES string of the molecule is C1=CNCC(C2=CC3=C(CC2)c2ccc(-c4ccc5c6ccccc6n(-c6ccccc6)c5c4)cc2Oc2ccccc2-c2ccccc2O3)=C1. The molecule has 6 aromatic carbocycles. The molecule has 4 heteroatoms. The van der Waals surface area contributed by atoms with Crippen molar-refractivity contribution in [2.75, 3.05) is 6.54 Å². The van der Waals surface area contributed by atoms with Gasteiger partial charge in [0.25, 0.3) is 0 Å². The van der Waals surface area contributed by atoms with Crippen LogP contribution in [0.5, 0.6) is 17.2 Å². The van der Waals surface area contributed by atoms with Crippen molar-refractivity contribution < 1.29 is 9.47 Å². The lowest BCUT2D eigenvalue weighted by Crippen LogP contribution is -2.16. The van der Waals surface area contributed by atoms with Crippen molar-refractivity contribution in [3.63, 3.8) is 0 Å². The fourth-order valence-corrected chi connectivity index (χ4v) is 7.83. The van der Waals surface area contributed by atoms with Crippen LogP contribution < -0.4 is 14.8 Å². The van der Waals surface area contributed by atoms with Gasteiger partial charge in [-0.05, 0) is 95.9 Å². The topological polar surface area (TPSA) is 35.4 Å². The molecule has 4 nitrogen and oxygen atoms in total. The average Bonchev–Trinajstić information content (AvgIpc) is 3.53. The van der Waals surface area contributed by atoms with E-state index >= 15 is 0 Å². The fraction of sp³-hybridized carbons (Fsp3) is 0.0638. The lowest BCUT2D eigenvalue weighted by Gasteiger charge is -2.27. The molecule has 51 heavy (non-hydrogen) atoms. The number of ether oxygens (including phenoxy) is 2. The van der Waals surface area contributed by atoms with Crippen molar-refractivity contribution >= 4 is 27.4 Å². The second-order valence-corrected chi connectivity index (χ2v) is 13.3. The number of hydrogen-bond acceptors (Lipinski definition) is 3. The maximum Gasteiger partial charge on any atom is 0.135 e. The Bertz CT molecular complexity index is 2640. The van der Waals surface area contributed by atoms with Gasteiger partial charge >= 0.3 is 0 Å². The van der Waals surface area contributed by atoms with Crippen molar-refractivity contribution in [3.05, 3.63) is 186 Å². The Balaban J connectivity index is 1.17. The van der Waals surface area contributed by atoms with Gasteiger partial charge in [0.2, 0.25) is 0 Å². The lowest BCUT2D eigenvalue weighted by molar-refractivity contribution is 0.438. The van der Waals surface area contributed by atoms with Crippen molar-refractivity contribution in [1.29, 1.82) is 0 Å². The Hall–Kier alpha value is -6.52. The predicted molar refractivity (Wildman–Crippen MR) is 208 cm³/mol. The zero-order chi connectivity index (χ0) is 33.7. The standard InChI is InChI=1S/C47H34N2O2/c1-2-12-35(13-3-1)49-42-17-7-4-14-36(42)37-23-20-31(27-43(37)49)32-21-24-40-41-25-22-33(34-11-10-26-48-30-34)29-47(41)51-45-19-9-6-16-39(45)38-15-5-8-18-44(38)50-46(40)28-32/h1-21,23-24,26-29,48H,22,25,30H2. The highest BCUT2D eigenvalue weighted by Crippen LogP contribution is 2.47. The van der Waals surface area contributed by atoms with Gasteiger partial charge in [0.1, 0.15) is 23.0 Å². The molecule has 0 atom stereocenters. The second kappa shape index (κ2) is 12.1. The first-order valence-corrected chi connectivity index (χ1v) is 17.6. The molecule has 0 saturated carbocycles. The van der Waals surface area contributed by atoms with E-state index in [4.69, 9.17) is 9.47 Å². The number of aromatic nitrogens is 1. The van der Waals surface area contributed by atoms with E-state index in [0.717, 1.165) is 81.5 Å². The maximum absolute atomic E-state index is 7.01. The van der Waals surface area contributed by atoms with Gasteiger partial charge in [0, 0.05) is 45.3 Å². The summed E-state index contributed by atoms with van der Waals surface area (Å²) in [6, 6.07) is 49.3. The number of nitrogens with zero attached hydrogens (tertiary/aromatic N) is 1. The number of benzene rings is 6. The summed E-state index contributed by atoms with van der Waals surface area (Å²) in [5, 5.41) is 5.85. The van der Waals surface area contributed by atoms with Gasteiger partial charge in [-0.25, -0.2) is 0 Å².